The van der Waals surface area contributed by atoms with Crippen LogP contribution < -0.4 is 16.4 Å². The van der Waals surface area contributed by atoms with E-state index in [0.29, 0.717) is 13.1 Å². The van der Waals surface area contributed by atoms with E-state index in [0.717, 1.165) is 5.69 Å². The lowest BCUT2D eigenvalue weighted by Crippen LogP contribution is -2.31. The predicted octanol–water partition coefficient (Wildman–Crippen LogP) is 0.244. The Morgan fingerprint density at radius 1 is 0.941 bits per heavy atom. The topological polar surface area (TPSA) is 89.4 Å². The molecule has 5 heteroatoms. The van der Waals surface area contributed by atoms with Gasteiger partial charge in [-0.1, -0.05) is 18.2 Å². The second-order valence-electron chi connectivity index (χ2n) is 3.76. The fourth-order valence-corrected chi connectivity index (χ4v) is 1.50. The third-order valence-electron chi connectivity index (χ3n) is 2.38. The minimum Gasteiger partial charge on any atom is -0.370 e. The highest BCUT2D eigenvalue weighted by atomic mass is 16.1. The van der Waals surface area contributed by atoms with E-state index < -0.39 is 0 Å². The molecule has 0 aliphatic carbocycles. The van der Waals surface area contributed by atoms with Crippen molar-refractivity contribution in [3.63, 3.8) is 0 Å². The summed E-state index contributed by atoms with van der Waals surface area (Å²) in [6.07, 6.45) is 0.515. The second kappa shape index (κ2) is 6.52. The van der Waals surface area contributed by atoms with Crippen LogP contribution in [0.25, 0.3) is 0 Å². The molecule has 0 saturated carbocycles. The van der Waals surface area contributed by atoms with E-state index in [-0.39, 0.29) is 24.7 Å². The van der Waals surface area contributed by atoms with Gasteiger partial charge in [-0.2, -0.15) is 0 Å². The van der Waals surface area contributed by atoms with Gasteiger partial charge in [0.2, 0.25) is 11.8 Å². The zero-order valence-electron chi connectivity index (χ0n) is 9.63. The highest BCUT2D eigenvalue weighted by Gasteiger charge is 2.08. The van der Waals surface area contributed by atoms with Crippen molar-refractivity contribution in [3.05, 3.63) is 30.3 Å². The van der Waals surface area contributed by atoms with Crippen molar-refractivity contribution in [1.29, 1.82) is 0 Å². The van der Waals surface area contributed by atoms with E-state index in [2.05, 4.69) is 0 Å². The number of primary amides is 2. The first-order chi connectivity index (χ1) is 8.09. The number of nitrogens with zero attached hydrogens (tertiary/aromatic N) is 1. The average molecular weight is 235 g/mol. The highest BCUT2D eigenvalue weighted by Crippen LogP contribution is 2.13. The van der Waals surface area contributed by atoms with Gasteiger partial charge in [0.05, 0.1) is 0 Å². The Balaban J connectivity index is 2.64. The van der Waals surface area contributed by atoms with Gasteiger partial charge in [-0.05, 0) is 12.1 Å². The number of anilines is 1. The number of carbonyl (C=O) groups excluding carboxylic acids is 2. The summed E-state index contributed by atoms with van der Waals surface area (Å²) >= 11 is 0. The van der Waals surface area contributed by atoms with Crippen molar-refractivity contribution in [1.82, 2.24) is 0 Å². The molecule has 1 aromatic carbocycles. The summed E-state index contributed by atoms with van der Waals surface area (Å²) in [7, 11) is 0. The van der Waals surface area contributed by atoms with Crippen molar-refractivity contribution in [2.45, 2.75) is 12.8 Å². The fourth-order valence-electron chi connectivity index (χ4n) is 1.50. The fraction of sp³-hybridized carbons (Fsp3) is 0.333. The first kappa shape index (κ1) is 13.0. The minimum atomic E-state index is -0.356. The summed E-state index contributed by atoms with van der Waals surface area (Å²) in [4.78, 5) is 23.5. The molecule has 1 aromatic rings. The average Bonchev–Trinajstić information content (AvgIpc) is 2.29. The van der Waals surface area contributed by atoms with Crippen molar-refractivity contribution < 1.29 is 9.59 Å². The van der Waals surface area contributed by atoms with E-state index in [4.69, 9.17) is 11.5 Å². The van der Waals surface area contributed by atoms with Gasteiger partial charge < -0.3 is 16.4 Å². The molecular weight excluding hydrogens is 218 g/mol. The van der Waals surface area contributed by atoms with Crippen LogP contribution in [0.5, 0.6) is 0 Å². The van der Waals surface area contributed by atoms with Gasteiger partial charge in [0.25, 0.3) is 0 Å². The molecule has 0 radical (unpaired) electrons. The smallest absolute Gasteiger partial charge is 0.219 e. The maximum absolute atomic E-state index is 10.8. The van der Waals surface area contributed by atoms with Gasteiger partial charge in [-0.15, -0.1) is 0 Å². The molecule has 4 N–H and O–H groups in total. The van der Waals surface area contributed by atoms with Crippen LogP contribution in [0.2, 0.25) is 0 Å². The van der Waals surface area contributed by atoms with Crippen LogP contribution in [0.1, 0.15) is 12.8 Å². The molecule has 0 atom stereocenters. The first-order valence-corrected chi connectivity index (χ1v) is 5.46. The Hall–Kier alpha value is -2.04. The molecule has 1 rings (SSSR count). The van der Waals surface area contributed by atoms with Crippen LogP contribution in [0.3, 0.4) is 0 Å². The molecule has 0 heterocycles. The number of rotatable bonds is 7. The Labute approximate surface area is 100 Å². The summed E-state index contributed by atoms with van der Waals surface area (Å²) in [5, 5.41) is 0. The predicted molar refractivity (Wildman–Crippen MR) is 66.3 cm³/mol. The van der Waals surface area contributed by atoms with Crippen LogP contribution in [0, 0.1) is 0 Å². The number of nitrogens with two attached hydrogens (primary N) is 2. The largest absolute Gasteiger partial charge is 0.370 e. The normalized spacial score (nSPS) is 9.88. The van der Waals surface area contributed by atoms with Crippen molar-refractivity contribution in [2.75, 3.05) is 18.0 Å². The van der Waals surface area contributed by atoms with Gasteiger partial charge in [0.1, 0.15) is 0 Å². The van der Waals surface area contributed by atoms with E-state index in [9.17, 15) is 9.59 Å². The zero-order valence-corrected chi connectivity index (χ0v) is 9.63. The van der Waals surface area contributed by atoms with Crippen LogP contribution in [-0.2, 0) is 9.59 Å². The number of carbonyl (C=O) groups is 2. The molecule has 0 unspecified atom stereocenters. The van der Waals surface area contributed by atoms with Gasteiger partial charge in [-0.3, -0.25) is 9.59 Å². The van der Waals surface area contributed by atoms with Gasteiger partial charge in [-0.25, -0.2) is 0 Å². The maximum atomic E-state index is 10.8. The molecule has 0 fully saturated rings. The highest BCUT2D eigenvalue weighted by molar-refractivity contribution is 5.75. The first-order valence-electron chi connectivity index (χ1n) is 5.46. The molecule has 2 amide bonds. The van der Waals surface area contributed by atoms with Crippen LogP contribution in [0.4, 0.5) is 5.69 Å². The quantitative estimate of drug-likeness (QED) is 0.709. The van der Waals surface area contributed by atoms with E-state index in [1.54, 1.807) is 0 Å². The summed E-state index contributed by atoms with van der Waals surface area (Å²) in [5.41, 5.74) is 11.2. The lowest BCUT2D eigenvalue weighted by molar-refractivity contribution is -0.118. The standard InChI is InChI=1S/C12H17N3O2/c13-11(16)6-8-15(9-7-12(14)17)10-4-2-1-3-5-10/h1-5H,6-9H2,(H2,13,16)(H2,14,17). The number of para-hydroxylation sites is 1. The van der Waals surface area contributed by atoms with Crippen molar-refractivity contribution in [3.8, 4) is 0 Å². The Kier molecular flexibility index (Phi) is 5.00. The minimum absolute atomic E-state index is 0.258. The summed E-state index contributed by atoms with van der Waals surface area (Å²) in [6.45, 7) is 0.985. The third kappa shape index (κ3) is 5.01. The van der Waals surface area contributed by atoms with Crippen molar-refractivity contribution in [2.24, 2.45) is 11.5 Å². The molecule has 0 aliphatic heterocycles. The molecular formula is C12H17N3O2. The summed E-state index contributed by atoms with van der Waals surface area (Å²) in [6, 6.07) is 9.54. The monoisotopic (exact) mass is 235 g/mol. The van der Waals surface area contributed by atoms with E-state index in [1.807, 2.05) is 35.2 Å². The zero-order chi connectivity index (χ0) is 12.7. The van der Waals surface area contributed by atoms with Gasteiger partial charge in [0.15, 0.2) is 0 Å². The molecule has 5 nitrogen and oxygen atoms in total. The number of amides is 2. The second-order valence-corrected chi connectivity index (χ2v) is 3.76. The SMILES string of the molecule is NC(=O)CCN(CCC(N)=O)c1ccccc1. The third-order valence-corrected chi connectivity index (χ3v) is 2.38. The van der Waals surface area contributed by atoms with Crippen LogP contribution in [-0.4, -0.2) is 24.9 Å². The molecule has 0 saturated heterocycles. The number of benzene rings is 1. The van der Waals surface area contributed by atoms with Crippen molar-refractivity contribution >= 4 is 17.5 Å². The summed E-state index contributed by atoms with van der Waals surface area (Å²) < 4.78 is 0. The summed E-state index contributed by atoms with van der Waals surface area (Å²) in [5.74, 6) is -0.713. The van der Waals surface area contributed by atoms with E-state index >= 15 is 0 Å². The molecule has 0 aliphatic rings. The Morgan fingerprint density at radius 2 is 1.41 bits per heavy atom. The Bertz CT molecular complexity index is 361. The number of hydrogen-bond donors (Lipinski definition) is 2. The van der Waals surface area contributed by atoms with Crippen LogP contribution in [0.15, 0.2) is 30.3 Å². The number of hydrogen-bond acceptors (Lipinski definition) is 3. The lowest BCUT2D eigenvalue weighted by atomic mass is 10.2. The Morgan fingerprint density at radius 3 is 1.82 bits per heavy atom. The lowest BCUT2D eigenvalue weighted by Gasteiger charge is -2.23. The molecule has 0 spiro atoms. The molecule has 0 aromatic heterocycles. The van der Waals surface area contributed by atoms with Gasteiger partial charge in [0, 0.05) is 31.6 Å². The van der Waals surface area contributed by atoms with Crippen LogP contribution >= 0.6 is 0 Å². The molecule has 17 heavy (non-hydrogen) atoms. The van der Waals surface area contributed by atoms with Gasteiger partial charge >= 0.3 is 0 Å². The molecule has 0 bridgehead atoms. The maximum Gasteiger partial charge on any atom is 0.219 e. The van der Waals surface area contributed by atoms with E-state index in [1.165, 1.54) is 0 Å². The molecule has 92 valence electrons.